The van der Waals surface area contributed by atoms with Gasteiger partial charge in [-0.05, 0) is 42.4 Å². The maximum Gasteiger partial charge on any atom is 0.131 e. The molecule has 0 saturated carbocycles. The number of aryl methyl sites for hydroxylation is 1. The molecule has 0 fully saturated rings. The summed E-state index contributed by atoms with van der Waals surface area (Å²) in [6.45, 7) is 1.73. The second-order valence-electron chi connectivity index (χ2n) is 5.33. The molecule has 0 aromatic heterocycles. The van der Waals surface area contributed by atoms with Gasteiger partial charge in [-0.25, -0.2) is 4.39 Å². The smallest absolute Gasteiger partial charge is 0.131 e. The lowest BCUT2D eigenvalue weighted by Crippen LogP contribution is -2.19. The largest absolute Gasteiger partial charge is 0.388 e. The van der Waals surface area contributed by atoms with E-state index in [1.54, 1.807) is 25.1 Å². The van der Waals surface area contributed by atoms with E-state index in [-0.39, 0.29) is 5.82 Å². The Hall–Kier alpha value is -1.67. The summed E-state index contributed by atoms with van der Waals surface area (Å²) < 4.78 is 14.0. The zero-order valence-corrected chi connectivity index (χ0v) is 10.9. The Morgan fingerprint density at radius 1 is 1.21 bits per heavy atom. The van der Waals surface area contributed by atoms with Crippen molar-refractivity contribution in [1.82, 2.24) is 0 Å². The minimum Gasteiger partial charge on any atom is -0.388 e. The lowest BCUT2D eigenvalue weighted by Gasteiger charge is -2.31. The van der Waals surface area contributed by atoms with E-state index in [4.69, 9.17) is 0 Å². The molecule has 2 atom stereocenters. The van der Waals surface area contributed by atoms with E-state index in [0.717, 1.165) is 6.42 Å². The van der Waals surface area contributed by atoms with Crippen molar-refractivity contribution in [2.24, 2.45) is 0 Å². The van der Waals surface area contributed by atoms with E-state index in [1.165, 1.54) is 11.1 Å². The van der Waals surface area contributed by atoms with E-state index in [1.807, 2.05) is 12.1 Å². The fourth-order valence-corrected chi connectivity index (χ4v) is 2.90. The third-order valence-electron chi connectivity index (χ3n) is 4.05. The maximum atomic E-state index is 14.0. The van der Waals surface area contributed by atoms with Crippen LogP contribution in [0.1, 0.15) is 40.7 Å². The number of aliphatic hydroxyl groups is 1. The Morgan fingerprint density at radius 3 is 2.79 bits per heavy atom. The van der Waals surface area contributed by atoms with E-state index in [2.05, 4.69) is 12.1 Å². The summed E-state index contributed by atoms with van der Waals surface area (Å²) in [4.78, 5) is 0. The van der Waals surface area contributed by atoms with Gasteiger partial charge in [0.15, 0.2) is 0 Å². The summed E-state index contributed by atoms with van der Waals surface area (Å²) in [5, 5.41) is 10.2. The molecule has 2 unspecified atom stereocenters. The predicted octanol–water partition coefficient (Wildman–Crippen LogP) is 3.90. The van der Waals surface area contributed by atoms with Crippen molar-refractivity contribution in [1.29, 1.82) is 0 Å². The number of aliphatic hydroxyl groups excluding tert-OH is 1. The Morgan fingerprint density at radius 2 is 2.00 bits per heavy atom. The van der Waals surface area contributed by atoms with Crippen LogP contribution < -0.4 is 0 Å². The molecule has 0 radical (unpaired) electrons. The molecule has 98 valence electrons. The Balaban J connectivity index is 1.77. The maximum absolute atomic E-state index is 14.0. The highest BCUT2D eigenvalue weighted by atomic mass is 19.1. The van der Waals surface area contributed by atoms with Gasteiger partial charge in [0.2, 0.25) is 0 Å². The molecule has 0 amide bonds. The molecular formula is C17H17FO. The fourth-order valence-electron chi connectivity index (χ4n) is 2.90. The predicted molar refractivity (Wildman–Crippen MR) is 73.6 cm³/mol. The molecular weight excluding hydrogens is 239 g/mol. The molecule has 1 aliphatic carbocycles. The van der Waals surface area contributed by atoms with Gasteiger partial charge in [-0.1, -0.05) is 42.5 Å². The van der Waals surface area contributed by atoms with Crippen molar-refractivity contribution in [2.75, 3.05) is 0 Å². The van der Waals surface area contributed by atoms with Gasteiger partial charge in [0, 0.05) is 5.56 Å². The fraction of sp³-hybridized carbons (Fsp3) is 0.294. The number of hydrogen-bond acceptors (Lipinski definition) is 1. The number of halogens is 1. The van der Waals surface area contributed by atoms with Crippen LogP contribution in [0.15, 0.2) is 42.5 Å². The first kappa shape index (κ1) is 12.4. The highest BCUT2D eigenvalue weighted by molar-refractivity contribution is 5.40. The van der Waals surface area contributed by atoms with Gasteiger partial charge >= 0.3 is 0 Å². The zero-order valence-electron chi connectivity index (χ0n) is 10.9. The highest BCUT2D eigenvalue weighted by Crippen LogP contribution is 2.41. The highest BCUT2D eigenvalue weighted by Gasteiger charge is 2.28. The molecule has 3 rings (SSSR count). The molecule has 1 N–H and O–H groups in total. The van der Waals surface area contributed by atoms with E-state index >= 15 is 0 Å². The minimum atomic E-state index is -0.724. The van der Waals surface area contributed by atoms with Crippen molar-refractivity contribution >= 4 is 0 Å². The van der Waals surface area contributed by atoms with Crippen LogP contribution in [0.3, 0.4) is 0 Å². The number of benzene rings is 2. The summed E-state index contributed by atoms with van der Waals surface area (Å²) in [5.41, 5.74) is 3.66. The van der Waals surface area contributed by atoms with Crippen LogP contribution in [-0.2, 0) is 6.42 Å². The molecule has 0 bridgehead atoms. The molecule has 0 spiro atoms. The quantitative estimate of drug-likeness (QED) is 0.883. The third kappa shape index (κ3) is 2.17. The van der Waals surface area contributed by atoms with Gasteiger partial charge in [0.1, 0.15) is 5.82 Å². The molecule has 19 heavy (non-hydrogen) atoms. The van der Waals surface area contributed by atoms with Gasteiger partial charge in [0.05, 0.1) is 6.10 Å². The summed E-state index contributed by atoms with van der Waals surface area (Å²) in [6.07, 6.45) is 0.858. The van der Waals surface area contributed by atoms with Crippen molar-refractivity contribution in [2.45, 2.75) is 31.8 Å². The standard InChI is InChI=1S/C17H17FO/c1-11-5-4-8-15(17(11)18)16(19)10-13-9-12-6-2-3-7-14(12)13/h2-8,13,16,19H,9-10H2,1H3. The third-order valence-corrected chi connectivity index (χ3v) is 4.05. The monoisotopic (exact) mass is 256 g/mol. The van der Waals surface area contributed by atoms with Crippen molar-refractivity contribution in [3.8, 4) is 0 Å². The van der Waals surface area contributed by atoms with Gasteiger partial charge in [-0.3, -0.25) is 0 Å². The van der Waals surface area contributed by atoms with Crippen LogP contribution in [0.25, 0.3) is 0 Å². The summed E-state index contributed by atoms with van der Waals surface area (Å²) in [5.74, 6) is 0.0775. The van der Waals surface area contributed by atoms with Crippen LogP contribution in [0, 0.1) is 12.7 Å². The second-order valence-corrected chi connectivity index (χ2v) is 5.33. The van der Waals surface area contributed by atoms with Crippen LogP contribution >= 0.6 is 0 Å². The van der Waals surface area contributed by atoms with Crippen LogP contribution in [0.2, 0.25) is 0 Å². The van der Waals surface area contributed by atoms with Crippen LogP contribution in [0.5, 0.6) is 0 Å². The van der Waals surface area contributed by atoms with Crippen LogP contribution in [-0.4, -0.2) is 5.11 Å². The molecule has 2 heteroatoms. The van der Waals surface area contributed by atoms with Gasteiger partial charge in [0.25, 0.3) is 0 Å². The average molecular weight is 256 g/mol. The molecule has 0 aliphatic heterocycles. The van der Waals surface area contributed by atoms with Crippen molar-refractivity contribution in [3.63, 3.8) is 0 Å². The molecule has 2 aromatic carbocycles. The molecule has 0 saturated heterocycles. The zero-order chi connectivity index (χ0) is 13.4. The summed E-state index contributed by atoms with van der Waals surface area (Å²) in [6, 6.07) is 13.5. The first-order valence-electron chi connectivity index (χ1n) is 6.67. The van der Waals surface area contributed by atoms with E-state index < -0.39 is 6.10 Å². The number of fused-ring (bicyclic) bond motifs is 1. The van der Waals surface area contributed by atoms with Crippen molar-refractivity contribution < 1.29 is 9.50 Å². The molecule has 1 aliphatic rings. The van der Waals surface area contributed by atoms with E-state index in [9.17, 15) is 9.50 Å². The summed E-state index contributed by atoms with van der Waals surface area (Å²) >= 11 is 0. The first-order chi connectivity index (χ1) is 9.16. The Kier molecular flexibility index (Phi) is 3.11. The molecule has 0 heterocycles. The average Bonchev–Trinajstić information content (AvgIpc) is 2.39. The van der Waals surface area contributed by atoms with Crippen molar-refractivity contribution in [3.05, 3.63) is 70.5 Å². The summed E-state index contributed by atoms with van der Waals surface area (Å²) in [7, 11) is 0. The van der Waals surface area contributed by atoms with Gasteiger partial charge in [-0.2, -0.15) is 0 Å². The lowest BCUT2D eigenvalue weighted by molar-refractivity contribution is 0.149. The van der Waals surface area contributed by atoms with Gasteiger partial charge in [-0.15, -0.1) is 0 Å². The lowest BCUT2D eigenvalue weighted by atomic mass is 9.74. The van der Waals surface area contributed by atoms with E-state index in [0.29, 0.717) is 23.5 Å². The minimum absolute atomic E-state index is 0.275. The topological polar surface area (TPSA) is 20.2 Å². The Labute approximate surface area is 112 Å². The number of rotatable bonds is 3. The SMILES string of the molecule is Cc1cccc(C(O)CC2Cc3ccccc32)c1F. The Bertz CT molecular complexity index is 606. The second kappa shape index (κ2) is 4.78. The normalized spacial score (nSPS) is 18.6. The first-order valence-corrected chi connectivity index (χ1v) is 6.67. The molecule has 1 nitrogen and oxygen atoms in total. The molecule has 2 aromatic rings. The number of hydrogen-bond donors (Lipinski definition) is 1. The van der Waals surface area contributed by atoms with Crippen LogP contribution in [0.4, 0.5) is 4.39 Å². The van der Waals surface area contributed by atoms with Gasteiger partial charge < -0.3 is 5.11 Å².